The molecule has 2 aromatic carbocycles. The number of para-hydroxylation sites is 1. The third-order valence-electron chi connectivity index (χ3n) is 4.48. The lowest BCUT2D eigenvalue weighted by Crippen LogP contribution is -2.32. The zero-order valence-corrected chi connectivity index (χ0v) is 17.4. The summed E-state index contributed by atoms with van der Waals surface area (Å²) in [5, 5.41) is 0. The molecule has 0 heterocycles. The molecule has 0 saturated carbocycles. The van der Waals surface area contributed by atoms with Crippen LogP contribution in [0.4, 0.5) is 22.0 Å². The first kappa shape index (κ1) is 24.9. The lowest BCUT2D eigenvalue weighted by Gasteiger charge is -2.24. The molecule has 0 aromatic heterocycles. The quantitative estimate of drug-likeness (QED) is 0.239. The number of aryl methyl sites for hydroxylation is 2. The first-order valence-corrected chi connectivity index (χ1v) is 9.79. The van der Waals surface area contributed by atoms with Gasteiger partial charge < -0.3 is 14.2 Å². The molecule has 31 heavy (non-hydrogen) atoms. The number of benzene rings is 2. The summed E-state index contributed by atoms with van der Waals surface area (Å²) >= 11 is 0. The Kier molecular flexibility index (Phi) is 9.51. The second kappa shape index (κ2) is 11.9. The second-order valence-electron chi connectivity index (χ2n) is 7.11. The zero-order chi connectivity index (χ0) is 22.9. The Hall–Kier alpha value is -2.39. The summed E-state index contributed by atoms with van der Waals surface area (Å²) in [6.45, 7) is -2.52. The maximum absolute atomic E-state index is 12.5. The average Bonchev–Trinajstić information content (AvgIpc) is 2.68. The van der Waals surface area contributed by atoms with E-state index in [1.807, 2.05) is 18.2 Å². The van der Waals surface area contributed by atoms with Gasteiger partial charge in [-0.15, -0.1) is 13.2 Å². The minimum atomic E-state index is -4.73. The number of halogens is 5. The third kappa shape index (κ3) is 9.52. The topological polar surface area (TPSA) is 30.9 Å². The highest BCUT2D eigenvalue weighted by molar-refractivity contribution is 5.35. The summed E-state index contributed by atoms with van der Waals surface area (Å²) < 4.78 is 76.4. The SMILES string of the molecule is CN(C)C(CCCOc1ccccc1CCc1cccc(OC(F)(F)F)c1)OC(F)F. The van der Waals surface area contributed by atoms with Crippen LogP contribution in [-0.2, 0) is 17.6 Å². The largest absolute Gasteiger partial charge is 0.573 e. The third-order valence-corrected chi connectivity index (χ3v) is 4.48. The van der Waals surface area contributed by atoms with Crippen LogP contribution in [0.5, 0.6) is 11.5 Å². The molecule has 1 unspecified atom stereocenters. The number of nitrogens with zero attached hydrogens (tertiary/aromatic N) is 1. The van der Waals surface area contributed by atoms with Gasteiger partial charge in [-0.2, -0.15) is 8.78 Å². The number of ether oxygens (including phenoxy) is 3. The van der Waals surface area contributed by atoms with Crippen molar-refractivity contribution in [1.82, 2.24) is 4.90 Å². The lowest BCUT2D eigenvalue weighted by molar-refractivity contribution is -0.274. The van der Waals surface area contributed by atoms with Gasteiger partial charge in [0.15, 0.2) is 0 Å². The van der Waals surface area contributed by atoms with Crippen molar-refractivity contribution in [3.63, 3.8) is 0 Å². The van der Waals surface area contributed by atoms with Gasteiger partial charge in [-0.1, -0.05) is 30.3 Å². The number of alkyl halides is 5. The van der Waals surface area contributed by atoms with Crippen molar-refractivity contribution in [2.24, 2.45) is 0 Å². The monoisotopic (exact) mass is 447 g/mol. The Bertz CT molecular complexity index is 799. The minimum Gasteiger partial charge on any atom is -0.493 e. The van der Waals surface area contributed by atoms with Crippen molar-refractivity contribution in [2.75, 3.05) is 20.7 Å². The molecule has 0 radical (unpaired) electrons. The fourth-order valence-electron chi connectivity index (χ4n) is 3.04. The second-order valence-corrected chi connectivity index (χ2v) is 7.11. The normalized spacial score (nSPS) is 12.9. The summed E-state index contributed by atoms with van der Waals surface area (Å²) in [5.74, 6) is 0.400. The molecule has 4 nitrogen and oxygen atoms in total. The van der Waals surface area contributed by atoms with Crippen LogP contribution in [0, 0.1) is 0 Å². The molecular weight excluding hydrogens is 421 g/mol. The summed E-state index contributed by atoms with van der Waals surface area (Å²) in [5.41, 5.74) is 1.60. The molecule has 0 spiro atoms. The highest BCUT2D eigenvalue weighted by Gasteiger charge is 2.31. The van der Waals surface area contributed by atoms with Crippen LogP contribution in [0.15, 0.2) is 48.5 Å². The Labute approximate surface area is 178 Å². The van der Waals surface area contributed by atoms with Crippen LogP contribution in [0.3, 0.4) is 0 Å². The standard InChI is InChI=1S/C22H26F5NO3/c1-28(2)20(30-21(23)24)11-6-14-29-19-10-4-3-8-17(19)13-12-16-7-5-9-18(15-16)31-22(25,26)27/h3-5,7-10,15,20-21H,6,11-14H2,1-2H3. The van der Waals surface area contributed by atoms with Crippen molar-refractivity contribution in [2.45, 2.75) is 44.9 Å². The van der Waals surface area contributed by atoms with E-state index in [0.29, 0.717) is 43.6 Å². The van der Waals surface area contributed by atoms with E-state index in [0.717, 1.165) is 5.56 Å². The maximum atomic E-state index is 12.5. The molecule has 0 fully saturated rings. The van der Waals surface area contributed by atoms with E-state index in [1.54, 1.807) is 31.1 Å². The fraction of sp³-hybridized carbons (Fsp3) is 0.455. The van der Waals surface area contributed by atoms with Crippen LogP contribution >= 0.6 is 0 Å². The van der Waals surface area contributed by atoms with Gasteiger partial charge in [0.2, 0.25) is 0 Å². The molecule has 0 N–H and O–H groups in total. The van der Waals surface area contributed by atoms with Crippen LogP contribution in [0.1, 0.15) is 24.0 Å². The van der Waals surface area contributed by atoms with Crippen molar-refractivity contribution in [3.8, 4) is 11.5 Å². The first-order chi connectivity index (χ1) is 14.6. The first-order valence-electron chi connectivity index (χ1n) is 9.79. The predicted molar refractivity (Wildman–Crippen MR) is 106 cm³/mol. The number of rotatable bonds is 12. The predicted octanol–water partition coefficient (Wildman–Crippen LogP) is 5.66. The molecule has 1 atom stereocenters. The molecule has 0 aliphatic carbocycles. The Morgan fingerprint density at radius 2 is 1.71 bits per heavy atom. The Morgan fingerprint density at radius 1 is 0.968 bits per heavy atom. The van der Waals surface area contributed by atoms with Gasteiger partial charge in [-0.3, -0.25) is 4.90 Å². The van der Waals surface area contributed by atoms with E-state index in [9.17, 15) is 22.0 Å². The highest BCUT2D eigenvalue weighted by atomic mass is 19.4. The molecule has 0 aliphatic rings. The van der Waals surface area contributed by atoms with Crippen molar-refractivity contribution in [1.29, 1.82) is 0 Å². The molecule has 172 valence electrons. The van der Waals surface area contributed by atoms with E-state index in [1.165, 1.54) is 18.2 Å². The average molecular weight is 447 g/mol. The van der Waals surface area contributed by atoms with E-state index in [2.05, 4.69) is 9.47 Å². The molecule has 0 amide bonds. The summed E-state index contributed by atoms with van der Waals surface area (Å²) in [4.78, 5) is 1.58. The lowest BCUT2D eigenvalue weighted by atomic mass is 10.0. The molecule has 9 heteroatoms. The van der Waals surface area contributed by atoms with Crippen LogP contribution < -0.4 is 9.47 Å². The summed E-state index contributed by atoms with van der Waals surface area (Å²) in [6.07, 6.45) is -3.48. The van der Waals surface area contributed by atoms with Gasteiger partial charge in [0, 0.05) is 0 Å². The number of hydrogen-bond acceptors (Lipinski definition) is 4. The van der Waals surface area contributed by atoms with Crippen molar-refractivity contribution >= 4 is 0 Å². The molecule has 0 aliphatic heterocycles. The molecule has 0 saturated heterocycles. The van der Waals surface area contributed by atoms with Crippen molar-refractivity contribution in [3.05, 3.63) is 59.7 Å². The highest BCUT2D eigenvalue weighted by Crippen LogP contribution is 2.25. The summed E-state index contributed by atoms with van der Waals surface area (Å²) in [6, 6.07) is 13.2. The minimum absolute atomic E-state index is 0.254. The van der Waals surface area contributed by atoms with E-state index < -0.39 is 19.2 Å². The molecule has 2 aromatic rings. The van der Waals surface area contributed by atoms with Crippen LogP contribution in [-0.4, -0.2) is 44.8 Å². The van der Waals surface area contributed by atoms with E-state index in [-0.39, 0.29) is 5.75 Å². The van der Waals surface area contributed by atoms with Gasteiger partial charge >= 0.3 is 13.0 Å². The molecule has 2 rings (SSSR count). The smallest absolute Gasteiger partial charge is 0.493 e. The maximum Gasteiger partial charge on any atom is 0.573 e. The van der Waals surface area contributed by atoms with Gasteiger partial charge in [-0.05, 0) is 69.1 Å². The Balaban J connectivity index is 1.89. The summed E-state index contributed by atoms with van der Waals surface area (Å²) in [7, 11) is 3.33. The zero-order valence-electron chi connectivity index (χ0n) is 17.4. The fourth-order valence-corrected chi connectivity index (χ4v) is 3.04. The van der Waals surface area contributed by atoms with E-state index in [4.69, 9.17) is 4.74 Å². The van der Waals surface area contributed by atoms with Gasteiger partial charge in [0.25, 0.3) is 0 Å². The van der Waals surface area contributed by atoms with E-state index >= 15 is 0 Å². The molecule has 0 bridgehead atoms. The van der Waals surface area contributed by atoms with Gasteiger partial charge in [0.1, 0.15) is 17.7 Å². The van der Waals surface area contributed by atoms with Crippen LogP contribution in [0.2, 0.25) is 0 Å². The number of hydrogen-bond donors (Lipinski definition) is 0. The molecular formula is C22H26F5NO3. The van der Waals surface area contributed by atoms with Gasteiger partial charge in [0.05, 0.1) is 6.61 Å². The van der Waals surface area contributed by atoms with Crippen LogP contribution in [0.25, 0.3) is 0 Å². The van der Waals surface area contributed by atoms with Gasteiger partial charge in [-0.25, -0.2) is 0 Å². The Morgan fingerprint density at radius 3 is 2.39 bits per heavy atom. The van der Waals surface area contributed by atoms with Crippen molar-refractivity contribution < 1.29 is 36.2 Å².